The van der Waals surface area contributed by atoms with Gasteiger partial charge in [0.2, 0.25) is 5.91 Å². The average molecular weight is 267 g/mol. The van der Waals surface area contributed by atoms with E-state index in [1.165, 1.54) is 0 Å². The molecule has 0 radical (unpaired) electrons. The summed E-state index contributed by atoms with van der Waals surface area (Å²) in [5.41, 5.74) is -0.0807. The molecule has 0 aromatic carbocycles. The quantitative estimate of drug-likeness (QED) is 0.803. The van der Waals surface area contributed by atoms with Crippen LogP contribution in [-0.2, 0) is 9.53 Å². The summed E-state index contributed by atoms with van der Waals surface area (Å²) in [6.07, 6.45) is -1.73. The number of carbonyl (C=O) groups excluding carboxylic acids is 1. The lowest BCUT2D eigenvalue weighted by Crippen LogP contribution is -2.39. The number of methoxy groups -OCH3 is 1. The highest BCUT2D eigenvalue weighted by Gasteiger charge is 2.34. The van der Waals surface area contributed by atoms with Gasteiger partial charge in [0.1, 0.15) is 0 Å². The molecule has 6 heteroatoms. The number of nitrogens with one attached hydrogen (secondary N) is 1. The lowest BCUT2D eigenvalue weighted by atomic mass is 9.87. The number of hydrogen-bond donors (Lipinski definition) is 1. The second kappa shape index (κ2) is 6.41. The minimum absolute atomic E-state index is 0.0807. The summed E-state index contributed by atoms with van der Waals surface area (Å²) in [6.45, 7) is 0.962. The highest BCUT2D eigenvalue weighted by atomic mass is 19.4. The van der Waals surface area contributed by atoms with E-state index in [0.717, 1.165) is 25.7 Å². The third-order valence-electron chi connectivity index (χ3n) is 3.41. The molecule has 0 atom stereocenters. The van der Waals surface area contributed by atoms with Gasteiger partial charge in [0.05, 0.1) is 13.0 Å². The summed E-state index contributed by atoms with van der Waals surface area (Å²) in [4.78, 5) is 11.3. The lowest BCUT2D eigenvalue weighted by molar-refractivity contribution is -0.144. The van der Waals surface area contributed by atoms with Crippen LogP contribution in [0.2, 0.25) is 0 Å². The van der Waals surface area contributed by atoms with E-state index in [2.05, 4.69) is 5.32 Å². The van der Waals surface area contributed by atoms with Crippen molar-refractivity contribution in [2.24, 2.45) is 5.41 Å². The first-order valence-electron chi connectivity index (χ1n) is 6.19. The largest absolute Gasteiger partial charge is 0.389 e. The molecule has 1 saturated carbocycles. The van der Waals surface area contributed by atoms with Crippen molar-refractivity contribution in [2.75, 3.05) is 20.3 Å². The molecule has 0 saturated heterocycles. The van der Waals surface area contributed by atoms with E-state index in [-0.39, 0.29) is 5.41 Å². The normalized spacial score (nSPS) is 18.9. The standard InChI is InChI=1S/C12H20F3NO2/c1-18-9-11(5-2-3-6-11)8-16-10(17)4-7-12(13,14)15/h2-9H2,1H3,(H,16,17). The summed E-state index contributed by atoms with van der Waals surface area (Å²) in [5.74, 6) is -0.533. The molecule has 0 spiro atoms. The second-order valence-corrected chi connectivity index (χ2v) is 5.03. The monoisotopic (exact) mass is 267 g/mol. The molecule has 1 fully saturated rings. The van der Waals surface area contributed by atoms with Crippen LogP contribution in [0.4, 0.5) is 13.2 Å². The Balaban J connectivity index is 2.32. The number of amides is 1. The number of rotatable bonds is 6. The van der Waals surface area contributed by atoms with E-state index in [0.29, 0.717) is 13.2 Å². The topological polar surface area (TPSA) is 38.3 Å². The molecule has 0 unspecified atom stereocenters. The highest BCUT2D eigenvalue weighted by Crippen LogP contribution is 2.37. The van der Waals surface area contributed by atoms with Gasteiger partial charge in [-0.05, 0) is 12.8 Å². The van der Waals surface area contributed by atoms with Gasteiger partial charge < -0.3 is 10.1 Å². The number of ether oxygens (including phenoxy) is 1. The van der Waals surface area contributed by atoms with E-state index in [1.54, 1.807) is 7.11 Å². The van der Waals surface area contributed by atoms with Gasteiger partial charge in [-0.1, -0.05) is 12.8 Å². The minimum atomic E-state index is -4.27. The van der Waals surface area contributed by atoms with Gasteiger partial charge in [-0.3, -0.25) is 4.79 Å². The molecule has 1 N–H and O–H groups in total. The highest BCUT2D eigenvalue weighted by molar-refractivity contribution is 5.75. The maximum Gasteiger partial charge on any atom is 0.389 e. The number of hydrogen-bond acceptors (Lipinski definition) is 2. The van der Waals surface area contributed by atoms with Crippen LogP contribution in [0.5, 0.6) is 0 Å². The van der Waals surface area contributed by atoms with Crippen molar-refractivity contribution >= 4 is 5.91 Å². The van der Waals surface area contributed by atoms with E-state index in [4.69, 9.17) is 4.74 Å². The molecular formula is C12H20F3NO2. The van der Waals surface area contributed by atoms with E-state index in [1.807, 2.05) is 0 Å². The first kappa shape index (κ1) is 15.3. The SMILES string of the molecule is COCC1(CNC(=O)CCC(F)(F)F)CCCC1. The molecule has 0 heterocycles. The fourth-order valence-corrected chi connectivity index (χ4v) is 2.43. The van der Waals surface area contributed by atoms with E-state index < -0.39 is 24.9 Å². The van der Waals surface area contributed by atoms with Crippen LogP contribution in [0.3, 0.4) is 0 Å². The predicted octanol–water partition coefficient (Wildman–Crippen LogP) is 2.65. The number of halogens is 3. The number of carbonyl (C=O) groups is 1. The van der Waals surface area contributed by atoms with Crippen molar-refractivity contribution in [1.29, 1.82) is 0 Å². The van der Waals surface area contributed by atoms with Crippen LogP contribution < -0.4 is 5.32 Å². The molecule has 18 heavy (non-hydrogen) atoms. The maximum atomic E-state index is 12.0. The summed E-state index contributed by atoms with van der Waals surface area (Å²) in [5, 5.41) is 2.60. The van der Waals surface area contributed by atoms with Gasteiger partial charge in [-0.25, -0.2) is 0 Å². The summed E-state index contributed by atoms with van der Waals surface area (Å²) in [7, 11) is 1.60. The third kappa shape index (κ3) is 5.25. The molecule has 3 nitrogen and oxygen atoms in total. The fraction of sp³-hybridized carbons (Fsp3) is 0.917. The Hall–Kier alpha value is -0.780. The van der Waals surface area contributed by atoms with Crippen molar-refractivity contribution in [1.82, 2.24) is 5.32 Å². The Kier molecular flexibility index (Phi) is 5.44. The van der Waals surface area contributed by atoms with Gasteiger partial charge >= 0.3 is 6.18 Å². The minimum Gasteiger partial charge on any atom is -0.384 e. The Bertz CT molecular complexity index is 273. The van der Waals surface area contributed by atoms with Crippen LogP contribution in [0.25, 0.3) is 0 Å². The molecule has 0 aromatic rings. The first-order chi connectivity index (χ1) is 8.37. The van der Waals surface area contributed by atoms with Crippen LogP contribution in [0.1, 0.15) is 38.5 Å². The smallest absolute Gasteiger partial charge is 0.384 e. The van der Waals surface area contributed by atoms with Crippen LogP contribution in [-0.4, -0.2) is 32.3 Å². The van der Waals surface area contributed by atoms with E-state index in [9.17, 15) is 18.0 Å². The molecular weight excluding hydrogens is 247 g/mol. The van der Waals surface area contributed by atoms with Crippen molar-refractivity contribution in [3.63, 3.8) is 0 Å². The summed E-state index contributed by atoms with van der Waals surface area (Å²) >= 11 is 0. The average Bonchev–Trinajstić information content (AvgIpc) is 2.72. The van der Waals surface area contributed by atoms with Crippen molar-refractivity contribution in [2.45, 2.75) is 44.7 Å². The molecule has 106 valence electrons. The molecule has 0 aromatic heterocycles. The molecule has 1 amide bonds. The van der Waals surface area contributed by atoms with Gasteiger partial charge in [-0.15, -0.1) is 0 Å². The van der Waals surface area contributed by atoms with Crippen molar-refractivity contribution in [3.8, 4) is 0 Å². The molecule has 1 aliphatic carbocycles. The molecule has 0 bridgehead atoms. The van der Waals surface area contributed by atoms with Gasteiger partial charge in [0.25, 0.3) is 0 Å². The maximum absolute atomic E-state index is 12.0. The molecule has 0 aliphatic heterocycles. The summed E-state index contributed by atoms with van der Waals surface area (Å²) < 4.78 is 41.0. The van der Waals surface area contributed by atoms with Gasteiger partial charge in [0, 0.05) is 25.5 Å². The van der Waals surface area contributed by atoms with Crippen LogP contribution in [0, 0.1) is 5.41 Å². The van der Waals surface area contributed by atoms with Crippen LogP contribution in [0.15, 0.2) is 0 Å². The fourth-order valence-electron chi connectivity index (χ4n) is 2.43. The Morgan fingerprint density at radius 3 is 2.44 bits per heavy atom. The Morgan fingerprint density at radius 1 is 1.33 bits per heavy atom. The number of alkyl halides is 3. The molecule has 1 rings (SSSR count). The van der Waals surface area contributed by atoms with Crippen LogP contribution >= 0.6 is 0 Å². The predicted molar refractivity (Wildman–Crippen MR) is 61.1 cm³/mol. The summed E-state index contributed by atoms with van der Waals surface area (Å²) in [6, 6.07) is 0. The van der Waals surface area contributed by atoms with E-state index >= 15 is 0 Å². The molecule has 1 aliphatic rings. The van der Waals surface area contributed by atoms with Crippen molar-refractivity contribution in [3.05, 3.63) is 0 Å². The zero-order valence-corrected chi connectivity index (χ0v) is 10.6. The third-order valence-corrected chi connectivity index (χ3v) is 3.41. The van der Waals surface area contributed by atoms with Crippen molar-refractivity contribution < 1.29 is 22.7 Å². The zero-order valence-electron chi connectivity index (χ0n) is 10.6. The Morgan fingerprint density at radius 2 is 1.94 bits per heavy atom. The van der Waals surface area contributed by atoms with Gasteiger partial charge in [-0.2, -0.15) is 13.2 Å². The lowest BCUT2D eigenvalue weighted by Gasteiger charge is -2.28. The zero-order chi connectivity index (χ0) is 13.6. The Labute approximate surface area is 105 Å². The first-order valence-corrected chi connectivity index (χ1v) is 6.19. The van der Waals surface area contributed by atoms with Gasteiger partial charge in [0.15, 0.2) is 0 Å². The second-order valence-electron chi connectivity index (χ2n) is 5.03.